The van der Waals surface area contributed by atoms with Gasteiger partial charge in [0.15, 0.2) is 0 Å². The van der Waals surface area contributed by atoms with Gasteiger partial charge in [0.25, 0.3) is 11.8 Å². The summed E-state index contributed by atoms with van der Waals surface area (Å²) in [5.41, 5.74) is 1.67. The van der Waals surface area contributed by atoms with Gasteiger partial charge in [0.05, 0.1) is 17.4 Å². The number of nitriles is 1. The maximum absolute atomic E-state index is 13.5. The first kappa shape index (κ1) is 36.4. The van der Waals surface area contributed by atoms with Gasteiger partial charge in [0.2, 0.25) is 5.91 Å². The number of rotatable bonds is 10. The average Bonchev–Trinajstić information content (AvgIpc) is 3.73. The van der Waals surface area contributed by atoms with E-state index in [-0.39, 0.29) is 11.6 Å². The van der Waals surface area contributed by atoms with Gasteiger partial charge >= 0.3 is 6.09 Å². The molecule has 0 bridgehead atoms. The maximum Gasteiger partial charge on any atom is 0.410 e. The van der Waals surface area contributed by atoms with Crippen LogP contribution in [0.15, 0.2) is 82.7 Å². The van der Waals surface area contributed by atoms with Crippen molar-refractivity contribution < 1.29 is 23.9 Å². The first-order valence-corrected chi connectivity index (χ1v) is 18.5. The molecule has 0 fully saturated rings. The molecule has 2 aromatic heterocycles. The molecule has 4 aromatic rings. The summed E-state index contributed by atoms with van der Waals surface area (Å²) < 4.78 is 5.53. The van der Waals surface area contributed by atoms with Crippen molar-refractivity contribution in [1.29, 1.82) is 5.26 Å². The molecule has 0 radical (unpaired) electrons. The van der Waals surface area contributed by atoms with Gasteiger partial charge in [-0.15, -0.1) is 34.4 Å². The number of benzene rings is 2. The highest BCUT2D eigenvalue weighted by Gasteiger charge is 2.31. The Bertz CT molecular complexity index is 1940. The van der Waals surface area contributed by atoms with E-state index in [1.165, 1.54) is 34.4 Å². The average molecular weight is 728 g/mol. The van der Waals surface area contributed by atoms with E-state index in [0.717, 1.165) is 20.2 Å². The molecular formula is C37H37N5O5S3. The molecule has 5 rings (SSSR count). The van der Waals surface area contributed by atoms with Crippen LogP contribution in [0.3, 0.4) is 0 Å². The highest BCUT2D eigenvalue weighted by atomic mass is 32.2. The third-order valence-electron chi connectivity index (χ3n) is 7.45. The zero-order valence-electron chi connectivity index (χ0n) is 28.1. The number of carbonyl (C=O) groups is 4. The number of hydrogen-bond donors (Lipinski definition) is 3. The van der Waals surface area contributed by atoms with Gasteiger partial charge in [-0.3, -0.25) is 14.4 Å². The van der Waals surface area contributed by atoms with E-state index < -0.39 is 28.8 Å². The van der Waals surface area contributed by atoms with E-state index in [1.807, 2.05) is 57.3 Å². The van der Waals surface area contributed by atoms with Gasteiger partial charge in [-0.2, -0.15) is 5.26 Å². The van der Waals surface area contributed by atoms with Gasteiger partial charge in [-0.1, -0.05) is 37.3 Å². The van der Waals surface area contributed by atoms with Crippen molar-refractivity contribution in [3.8, 4) is 6.07 Å². The highest BCUT2D eigenvalue weighted by Crippen LogP contribution is 2.38. The van der Waals surface area contributed by atoms with E-state index in [1.54, 1.807) is 53.4 Å². The van der Waals surface area contributed by atoms with E-state index in [9.17, 15) is 24.4 Å². The van der Waals surface area contributed by atoms with E-state index in [4.69, 9.17) is 4.74 Å². The zero-order valence-corrected chi connectivity index (χ0v) is 30.5. The van der Waals surface area contributed by atoms with Crippen molar-refractivity contribution in [2.75, 3.05) is 17.2 Å². The third-order valence-corrected chi connectivity index (χ3v) is 10.8. The minimum Gasteiger partial charge on any atom is -0.444 e. The summed E-state index contributed by atoms with van der Waals surface area (Å²) in [4.78, 5) is 56.6. The van der Waals surface area contributed by atoms with Crippen molar-refractivity contribution in [1.82, 2.24) is 10.2 Å². The Balaban J connectivity index is 1.26. The van der Waals surface area contributed by atoms with Crippen LogP contribution in [-0.2, 0) is 27.3 Å². The summed E-state index contributed by atoms with van der Waals surface area (Å²) >= 11 is 4.09. The third kappa shape index (κ3) is 9.41. The van der Waals surface area contributed by atoms with E-state index >= 15 is 0 Å². The predicted molar refractivity (Wildman–Crippen MR) is 199 cm³/mol. The van der Waals surface area contributed by atoms with E-state index in [2.05, 4.69) is 22.0 Å². The van der Waals surface area contributed by atoms with Gasteiger partial charge < -0.3 is 25.6 Å². The van der Waals surface area contributed by atoms with Gasteiger partial charge in [0.1, 0.15) is 22.4 Å². The summed E-state index contributed by atoms with van der Waals surface area (Å²) in [5, 5.41) is 20.4. The fourth-order valence-corrected chi connectivity index (χ4v) is 7.96. The molecule has 3 N–H and O–H groups in total. The van der Waals surface area contributed by atoms with Crippen LogP contribution in [0.1, 0.15) is 65.4 Å². The Morgan fingerprint density at radius 1 is 1.06 bits per heavy atom. The molecule has 1 unspecified atom stereocenters. The minimum absolute atomic E-state index is 0.0892. The van der Waals surface area contributed by atoms with Crippen LogP contribution in [0.2, 0.25) is 0 Å². The number of nitrogens with one attached hydrogen (secondary N) is 3. The fourth-order valence-electron chi connectivity index (χ4n) is 5.07. The Morgan fingerprint density at radius 2 is 1.84 bits per heavy atom. The number of anilines is 2. The van der Waals surface area contributed by atoms with Crippen LogP contribution < -0.4 is 16.0 Å². The van der Waals surface area contributed by atoms with Crippen LogP contribution in [-0.4, -0.2) is 46.1 Å². The summed E-state index contributed by atoms with van der Waals surface area (Å²) in [6.45, 7) is 8.09. The second-order valence-electron chi connectivity index (χ2n) is 12.4. The topological polar surface area (TPSA) is 141 Å². The molecule has 13 heteroatoms. The molecule has 3 heterocycles. The largest absolute Gasteiger partial charge is 0.444 e. The SMILES string of the molecule is CCC(Sc1cccc(NC(=O)/C(=C/c2cccs2)NC(=O)c2ccccc2)c1)C(=O)Nc1sc2c(c1C#N)CCN(C(=O)OC(C)(C)C)C2. The first-order valence-electron chi connectivity index (χ1n) is 16.0. The lowest BCUT2D eigenvalue weighted by atomic mass is 10.0. The van der Waals surface area contributed by atoms with Crippen molar-refractivity contribution in [3.63, 3.8) is 0 Å². The zero-order chi connectivity index (χ0) is 35.8. The lowest BCUT2D eigenvalue weighted by Crippen LogP contribution is -2.39. The molecule has 0 aliphatic carbocycles. The molecule has 50 heavy (non-hydrogen) atoms. The van der Waals surface area contributed by atoms with Crippen molar-refractivity contribution in [2.24, 2.45) is 0 Å². The molecular weight excluding hydrogens is 691 g/mol. The standard InChI is InChI=1S/C37H37N5O5S3/c1-5-30(34(45)41-35-28(21-38)27-16-17-42(22-31(27)50-35)36(46)47-37(2,3)4)49-26-14-9-13-24(19-26)39-33(44)29(20-25-15-10-18-48-25)40-32(43)23-11-7-6-8-12-23/h6-15,18-20,30H,5,16-17,22H2,1-4H3,(H,39,44)(H,40,43)(H,41,45)/b29-20-. The number of hydrogen-bond acceptors (Lipinski definition) is 9. The summed E-state index contributed by atoms with van der Waals surface area (Å²) in [6, 6.07) is 21.8. The molecule has 0 saturated heterocycles. The fraction of sp³-hybridized carbons (Fsp3) is 0.270. The number of carbonyl (C=O) groups excluding carboxylic acids is 4. The monoisotopic (exact) mass is 727 g/mol. The van der Waals surface area contributed by atoms with Gasteiger partial charge in [-0.05, 0) is 87.0 Å². The molecule has 258 valence electrons. The number of thioether (sulfide) groups is 1. The molecule has 4 amide bonds. The van der Waals surface area contributed by atoms with Crippen molar-refractivity contribution in [2.45, 2.75) is 62.8 Å². The van der Waals surface area contributed by atoms with Crippen LogP contribution in [0.25, 0.3) is 6.08 Å². The lowest BCUT2D eigenvalue weighted by molar-refractivity contribution is -0.116. The van der Waals surface area contributed by atoms with Crippen LogP contribution in [0.5, 0.6) is 0 Å². The molecule has 0 spiro atoms. The van der Waals surface area contributed by atoms with Crippen LogP contribution in [0, 0.1) is 11.3 Å². The molecule has 10 nitrogen and oxygen atoms in total. The normalized spacial score (nSPS) is 13.4. The summed E-state index contributed by atoms with van der Waals surface area (Å²) in [7, 11) is 0. The van der Waals surface area contributed by atoms with Crippen molar-refractivity contribution >= 4 is 75.0 Å². The molecule has 1 atom stereocenters. The molecule has 2 aromatic carbocycles. The van der Waals surface area contributed by atoms with E-state index in [0.29, 0.717) is 47.7 Å². The molecule has 1 aliphatic heterocycles. The number of thiophene rings is 2. The molecule has 0 saturated carbocycles. The van der Waals surface area contributed by atoms with Crippen LogP contribution >= 0.6 is 34.4 Å². The smallest absolute Gasteiger partial charge is 0.410 e. The highest BCUT2D eigenvalue weighted by molar-refractivity contribution is 8.00. The van der Waals surface area contributed by atoms with Gasteiger partial charge in [0, 0.05) is 32.4 Å². The molecule has 1 aliphatic rings. The lowest BCUT2D eigenvalue weighted by Gasteiger charge is -2.29. The number of ether oxygens (including phenoxy) is 1. The Hall–Kier alpha value is -4.90. The predicted octanol–water partition coefficient (Wildman–Crippen LogP) is 7.89. The Kier molecular flexibility index (Phi) is 11.8. The number of nitrogens with zero attached hydrogens (tertiary/aromatic N) is 2. The van der Waals surface area contributed by atoms with Crippen LogP contribution in [0.4, 0.5) is 15.5 Å². The summed E-state index contributed by atoms with van der Waals surface area (Å²) in [6.07, 6.45) is 2.22. The Morgan fingerprint density at radius 3 is 2.52 bits per heavy atom. The second-order valence-corrected chi connectivity index (χ2v) is 15.7. The second kappa shape index (κ2) is 16.2. The van der Waals surface area contributed by atoms with Gasteiger partial charge in [-0.25, -0.2) is 4.79 Å². The number of fused-ring (bicyclic) bond motifs is 1. The quantitative estimate of drug-likeness (QED) is 0.111. The first-order chi connectivity index (χ1) is 23.9. The minimum atomic E-state index is -0.619. The van der Waals surface area contributed by atoms with Crippen molar-refractivity contribution in [3.05, 3.63) is 104 Å². The Labute approximate surface area is 303 Å². The number of amides is 4. The summed E-state index contributed by atoms with van der Waals surface area (Å²) in [5.74, 6) is -1.16. The maximum atomic E-state index is 13.5.